The number of nitrogens with one attached hydrogen (secondary N) is 1. The highest BCUT2D eigenvalue weighted by molar-refractivity contribution is 7.92. The highest BCUT2D eigenvalue weighted by Crippen LogP contribution is 2.31. The van der Waals surface area contributed by atoms with Crippen molar-refractivity contribution in [1.29, 1.82) is 0 Å². The summed E-state index contributed by atoms with van der Waals surface area (Å²) in [6.07, 6.45) is 1.06. The van der Waals surface area contributed by atoms with Crippen LogP contribution in [-0.2, 0) is 17.1 Å². The van der Waals surface area contributed by atoms with Gasteiger partial charge in [0.05, 0.1) is 27.5 Å². The predicted octanol–water partition coefficient (Wildman–Crippen LogP) is 2.38. The van der Waals surface area contributed by atoms with Gasteiger partial charge in [-0.3, -0.25) is 9.40 Å². The Morgan fingerprint density at radius 1 is 1.18 bits per heavy atom. The molecular weight excluding hydrogens is 452 g/mol. The number of hydrogen-bond acceptors (Lipinski definition) is 8. The number of hydrogen-bond donors (Lipinski definition) is 1. The molecule has 1 aromatic carbocycles. The fourth-order valence-electron chi connectivity index (χ4n) is 4.35. The first-order valence-corrected chi connectivity index (χ1v) is 13.0. The maximum atomic E-state index is 13.3. The molecule has 3 aromatic rings. The van der Waals surface area contributed by atoms with Gasteiger partial charge in [-0.1, -0.05) is 0 Å². The first kappa shape index (κ1) is 24.2. The number of rotatable bonds is 7. The van der Waals surface area contributed by atoms with Gasteiger partial charge in [0.1, 0.15) is 5.82 Å². The van der Waals surface area contributed by atoms with Crippen molar-refractivity contribution < 1.29 is 8.42 Å². The smallest absolute Gasteiger partial charge is 0.262 e. The molecule has 0 spiro atoms. The Morgan fingerprint density at radius 2 is 1.91 bits per heavy atom. The van der Waals surface area contributed by atoms with Gasteiger partial charge in [0.2, 0.25) is 5.95 Å². The summed E-state index contributed by atoms with van der Waals surface area (Å²) in [6, 6.07) is 5.37. The Bertz CT molecular complexity index is 1320. The number of likely N-dealkylation sites (tertiary alicyclic amines) is 1. The highest BCUT2D eigenvalue weighted by atomic mass is 32.2. The fraction of sp³-hybridized carbons (Fsp3) is 0.522. The Morgan fingerprint density at radius 3 is 2.50 bits per heavy atom. The summed E-state index contributed by atoms with van der Waals surface area (Å²) < 4.78 is 30.9. The maximum absolute atomic E-state index is 13.3. The molecule has 1 saturated heterocycles. The fourth-order valence-corrected chi connectivity index (χ4v) is 5.55. The van der Waals surface area contributed by atoms with E-state index in [2.05, 4.69) is 26.7 Å². The second-order valence-electron chi connectivity index (χ2n) is 9.13. The molecule has 4 rings (SSSR count). The zero-order chi connectivity index (χ0) is 24.8. The first-order chi connectivity index (χ1) is 16.0. The van der Waals surface area contributed by atoms with Crippen molar-refractivity contribution in [1.82, 2.24) is 24.6 Å². The van der Waals surface area contributed by atoms with E-state index >= 15 is 0 Å². The predicted molar refractivity (Wildman–Crippen MR) is 136 cm³/mol. The van der Waals surface area contributed by atoms with Gasteiger partial charge >= 0.3 is 0 Å². The summed E-state index contributed by atoms with van der Waals surface area (Å²) in [7, 11) is 4.07. The van der Waals surface area contributed by atoms with Gasteiger partial charge in [-0.25, -0.2) is 13.4 Å². The van der Waals surface area contributed by atoms with Crippen molar-refractivity contribution in [2.24, 2.45) is 7.05 Å². The Hall–Kier alpha value is -2.92. The van der Waals surface area contributed by atoms with Crippen LogP contribution in [0.1, 0.15) is 24.7 Å². The molecule has 11 heteroatoms. The molecule has 0 amide bonds. The van der Waals surface area contributed by atoms with Gasteiger partial charge in [-0.2, -0.15) is 10.1 Å². The molecule has 1 aliphatic rings. The van der Waals surface area contributed by atoms with E-state index in [1.54, 1.807) is 36.9 Å². The molecule has 0 radical (unpaired) electrons. The molecule has 1 atom stereocenters. The lowest BCUT2D eigenvalue weighted by Gasteiger charge is -2.27. The maximum Gasteiger partial charge on any atom is 0.262 e. The van der Waals surface area contributed by atoms with E-state index in [1.807, 2.05) is 32.8 Å². The minimum Gasteiger partial charge on any atom is -0.359 e. The zero-order valence-electron chi connectivity index (χ0n) is 21.0. The van der Waals surface area contributed by atoms with Crippen LogP contribution in [0.25, 0.3) is 10.9 Å². The van der Waals surface area contributed by atoms with Crippen LogP contribution in [0, 0.1) is 13.8 Å². The number of sulfonamides is 1. The topological polar surface area (TPSA) is 99.5 Å². The molecule has 1 N–H and O–H groups in total. The van der Waals surface area contributed by atoms with Crippen LogP contribution in [0.15, 0.2) is 23.1 Å². The molecule has 1 aliphatic heterocycles. The first-order valence-electron chi connectivity index (χ1n) is 11.5. The molecule has 0 aliphatic carbocycles. The van der Waals surface area contributed by atoms with Gasteiger partial charge in [0.15, 0.2) is 0 Å². The van der Waals surface area contributed by atoms with Crippen molar-refractivity contribution in [3.8, 4) is 0 Å². The lowest BCUT2D eigenvalue weighted by atomic mass is 10.2. The highest BCUT2D eigenvalue weighted by Gasteiger charge is 2.27. The Balaban J connectivity index is 1.76. The summed E-state index contributed by atoms with van der Waals surface area (Å²) in [5.41, 5.74) is 2.60. The van der Waals surface area contributed by atoms with Crippen LogP contribution >= 0.6 is 0 Å². The van der Waals surface area contributed by atoms with Crippen molar-refractivity contribution in [2.45, 2.75) is 38.1 Å². The number of aromatic nitrogens is 4. The number of nitrogens with zero attached hydrogens (tertiary/aromatic N) is 7. The number of anilines is 3. The lowest BCUT2D eigenvalue weighted by Crippen LogP contribution is -2.35. The van der Waals surface area contributed by atoms with Gasteiger partial charge in [-0.15, -0.1) is 0 Å². The number of likely N-dealkylation sites (N-methyl/N-ethyl adjacent to an activating group) is 2. The molecule has 34 heavy (non-hydrogen) atoms. The largest absolute Gasteiger partial charge is 0.359 e. The second-order valence-corrected chi connectivity index (χ2v) is 10.8. The summed E-state index contributed by atoms with van der Waals surface area (Å²) in [5, 5.41) is 5.01. The lowest BCUT2D eigenvalue weighted by molar-refractivity contribution is 0.409. The average molecular weight is 487 g/mol. The van der Waals surface area contributed by atoms with E-state index in [9.17, 15) is 8.42 Å². The SMILES string of the molecule is CCN(C)c1nc(N(C)C2CCN(C)C2)nc2ccc(S(=O)(=O)Nc3c(C)nn(C)c3C)cc12. The van der Waals surface area contributed by atoms with E-state index in [4.69, 9.17) is 9.97 Å². The van der Waals surface area contributed by atoms with E-state index in [1.165, 1.54) is 0 Å². The summed E-state index contributed by atoms with van der Waals surface area (Å²) in [5.74, 6) is 1.37. The minimum absolute atomic E-state index is 0.163. The standard InChI is InChI=1S/C23H34N8O2S/c1-8-29(5)22-19-13-18(34(32,33)27-21-15(2)26-31(7)16(21)3)9-10-20(19)24-23(25-22)30(6)17-11-12-28(4)14-17/h9-10,13,17,27H,8,11-12,14H2,1-7H3. The third kappa shape index (κ3) is 4.41. The summed E-state index contributed by atoms with van der Waals surface area (Å²) >= 11 is 0. The molecule has 10 nitrogen and oxygen atoms in total. The van der Waals surface area contributed by atoms with Gasteiger partial charge in [0.25, 0.3) is 10.0 Å². The molecule has 3 heterocycles. The number of benzene rings is 1. The number of fused-ring (bicyclic) bond motifs is 1. The van der Waals surface area contributed by atoms with Crippen LogP contribution in [0.2, 0.25) is 0 Å². The van der Waals surface area contributed by atoms with Gasteiger partial charge < -0.3 is 14.7 Å². The van der Waals surface area contributed by atoms with Crippen molar-refractivity contribution in [3.05, 3.63) is 29.6 Å². The molecule has 0 bridgehead atoms. The molecule has 184 valence electrons. The molecule has 1 unspecified atom stereocenters. The third-order valence-corrected chi connectivity index (χ3v) is 8.10. The van der Waals surface area contributed by atoms with Crippen LogP contribution in [-0.4, -0.2) is 79.9 Å². The van der Waals surface area contributed by atoms with E-state index < -0.39 is 10.0 Å². The van der Waals surface area contributed by atoms with Crippen LogP contribution < -0.4 is 14.5 Å². The summed E-state index contributed by atoms with van der Waals surface area (Å²) in [6.45, 7) is 8.40. The van der Waals surface area contributed by atoms with Crippen molar-refractivity contribution in [2.75, 3.05) is 55.3 Å². The molecule has 1 fully saturated rings. The quantitative estimate of drug-likeness (QED) is 0.543. The zero-order valence-corrected chi connectivity index (χ0v) is 21.8. The molecule has 2 aromatic heterocycles. The van der Waals surface area contributed by atoms with Gasteiger partial charge in [0, 0.05) is 45.7 Å². The Labute approximate surface area is 201 Å². The van der Waals surface area contributed by atoms with Crippen LogP contribution in [0.4, 0.5) is 17.5 Å². The van der Waals surface area contributed by atoms with Crippen molar-refractivity contribution in [3.63, 3.8) is 0 Å². The number of aryl methyl sites for hydroxylation is 2. The molecular formula is C23H34N8O2S. The van der Waals surface area contributed by atoms with Crippen LogP contribution in [0.5, 0.6) is 0 Å². The second kappa shape index (κ2) is 9.03. The average Bonchev–Trinajstić information content (AvgIpc) is 3.34. The van der Waals surface area contributed by atoms with Gasteiger partial charge in [-0.05, 0) is 59.0 Å². The minimum atomic E-state index is -3.82. The van der Waals surface area contributed by atoms with E-state index in [0.29, 0.717) is 40.1 Å². The third-order valence-electron chi connectivity index (χ3n) is 6.76. The molecule has 0 saturated carbocycles. The van der Waals surface area contributed by atoms with Crippen LogP contribution in [0.3, 0.4) is 0 Å². The van der Waals surface area contributed by atoms with Crippen molar-refractivity contribution >= 4 is 38.4 Å². The monoisotopic (exact) mass is 486 g/mol. The van der Waals surface area contributed by atoms with E-state index in [-0.39, 0.29) is 4.90 Å². The Kier molecular flexibility index (Phi) is 6.43. The van der Waals surface area contributed by atoms with E-state index in [0.717, 1.165) is 31.7 Å². The summed E-state index contributed by atoms with van der Waals surface area (Å²) in [4.78, 5) is 16.3. The normalized spacial score (nSPS) is 16.9.